The van der Waals surface area contributed by atoms with E-state index in [0.717, 1.165) is 12.1 Å². The molecule has 0 atom stereocenters. The minimum absolute atomic E-state index is 0.00584. The van der Waals surface area contributed by atoms with E-state index >= 15 is 0 Å². The van der Waals surface area contributed by atoms with Crippen LogP contribution in [0.3, 0.4) is 0 Å². The Labute approximate surface area is 96.1 Å². The van der Waals surface area contributed by atoms with Crippen molar-refractivity contribution in [3.05, 3.63) is 34.9 Å². The lowest BCUT2D eigenvalue weighted by Gasteiger charge is -2.09. The molecular formula is C12H9F3O2. The maximum absolute atomic E-state index is 12.4. The minimum Gasteiger partial charge on any atom is -0.392 e. The first kappa shape index (κ1) is 13.3. The Morgan fingerprint density at radius 2 is 2.06 bits per heavy atom. The fraction of sp³-hybridized carbons (Fsp3) is 0.250. The maximum atomic E-state index is 12.4. The Kier molecular flexibility index (Phi) is 4.30. The van der Waals surface area contributed by atoms with Gasteiger partial charge in [0.2, 0.25) is 0 Å². The van der Waals surface area contributed by atoms with Gasteiger partial charge in [0.15, 0.2) is 0 Å². The van der Waals surface area contributed by atoms with E-state index in [2.05, 4.69) is 11.8 Å². The molecule has 0 fully saturated rings. The summed E-state index contributed by atoms with van der Waals surface area (Å²) in [4.78, 5) is 10.0. The number of benzene rings is 1. The Bertz CT molecular complexity index is 467. The van der Waals surface area contributed by atoms with Gasteiger partial charge in [-0.2, -0.15) is 13.2 Å². The number of carbonyl (C=O) groups is 1. The smallest absolute Gasteiger partial charge is 0.392 e. The number of alkyl halides is 3. The Balaban J connectivity index is 3.11. The van der Waals surface area contributed by atoms with Crippen molar-refractivity contribution in [2.24, 2.45) is 0 Å². The normalized spacial score (nSPS) is 10.6. The Hall–Kier alpha value is -1.80. The van der Waals surface area contributed by atoms with Gasteiger partial charge in [-0.25, -0.2) is 0 Å². The third-order valence-corrected chi connectivity index (χ3v) is 2.01. The van der Waals surface area contributed by atoms with Crippen molar-refractivity contribution in [2.45, 2.75) is 19.2 Å². The molecule has 0 aliphatic heterocycles. The van der Waals surface area contributed by atoms with Crippen LogP contribution in [0.4, 0.5) is 13.2 Å². The minimum atomic E-state index is -4.45. The first-order valence-corrected chi connectivity index (χ1v) is 4.72. The van der Waals surface area contributed by atoms with Crippen molar-refractivity contribution in [1.82, 2.24) is 0 Å². The molecule has 0 aromatic heterocycles. The van der Waals surface area contributed by atoms with Gasteiger partial charge in [0.1, 0.15) is 6.29 Å². The number of aldehydes is 1. The van der Waals surface area contributed by atoms with E-state index in [4.69, 9.17) is 5.11 Å². The summed E-state index contributed by atoms with van der Waals surface area (Å²) in [6.45, 7) is -0.533. The Morgan fingerprint density at radius 1 is 1.35 bits per heavy atom. The summed E-state index contributed by atoms with van der Waals surface area (Å²) in [7, 11) is 0. The molecular weight excluding hydrogens is 233 g/mol. The standard InChI is InChI=1S/C12H9F3O2/c13-12(14,15)11-5-4-9(3-1-2-6-16)10(7-11)8-17/h4-7,17H,2,8H2. The molecule has 0 heterocycles. The van der Waals surface area contributed by atoms with Crippen LogP contribution in [0.2, 0.25) is 0 Å². The fourth-order valence-corrected chi connectivity index (χ4v) is 1.21. The molecule has 0 amide bonds. The third kappa shape index (κ3) is 3.61. The lowest BCUT2D eigenvalue weighted by Crippen LogP contribution is -2.06. The quantitative estimate of drug-likeness (QED) is 0.637. The molecule has 0 radical (unpaired) electrons. The van der Waals surface area contributed by atoms with Crippen molar-refractivity contribution in [3.8, 4) is 11.8 Å². The molecule has 0 saturated heterocycles. The summed E-state index contributed by atoms with van der Waals surface area (Å²) in [6, 6.07) is 2.93. The van der Waals surface area contributed by atoms with Crippen molar-refractivity contribution >= 4 is 6.29 Å². The van der Waals surface area contributed by atoms with Crippen LogP contribution < -0.4 is 0 Å². The zero-order valence-electron chi connectivity index (χ0n) is 8.71. The number of aliphatic hydroxyl groups is 1. The molecule has 0 aliphatic rings. The van der Waals surface area contributed by atoms with Gasteiger partial charge >= 0.3 is 6.18 Å². The van der Waals surface area contributed by atoms with E-state index in [1.165, 1.54) is 6.07 Å². The van der Waals surface area contributed by atoms with Gasteiger partial charge in [-0.1, -0.05) is 11.8 Å². The van der Waals surface area contributed by atoms with Gasteiger partial charge in [0.05, 0.1) is 18.6 Å². The second-order valence-corrected chi connectivity index (χ2v) is 3.20. The van der Waals surface area contributed by atoms with E-state index in [0.29, 0.717) is 11.8 Å². The number of halogens is 3. The summed E-state index contributed by atoms with van der Waals surface area (Å²) >= 11 is 0. The lowest BCUT2D eigenvalue weighted by atomic mass is 10.0. The van der Waals surface area contributed by atoms with E-state index in [-0.39, 0.29) is 12.0 Å². The molecule has 0 unspecified atom stereocenters. The number of hydrogen-bond donors (Lipinski definition) is 1. The van der Waals surface area contributed by atoms with Gasteiger partial charge in [-0.05, 0) is 23.8 Å². The monoisotopic (exact) mass is 242 g/mol. The fourth-order valence-electron chi connectivity index (χ4n) is 1.21. The van der Waals surface area contributed by atoms with E-state index in [1.807, 2.05) is 0 Å². The molecule has 17 heavy (non-hydrogen) atoms. The summed E-state index contributed by atoms with van der Waals surface area (Å²) in [5.74, 6) is 5.01. The molecule has 1 aromatic carbocycles. The molecule has 0 saturated carbocycles. The molecule has 90 valence electrons. The zero-order chi connectivity index (χ0) is 12.9. The van der Waals surface area contributed by atoms with E-state index in [9.17, 15) is 18.0 Å². The lowest BCUT2D eigenvalue weighted by molar-refractivity contribution is -0.137. The summed E-state index contributed by atoms with van der Waals surface area (Å²) < 4.78 is 37.1. The summed E-state index contributed by atoms with van der Waals surface area (Å²) in [5.41, 5.74) is -0.442. The highest BCUT2D eigenvalue weighted by molar-refractivity contribution is 5.55. The van der Waals surface area contributed by atoms with Crippen LogP contribution in [-0.4, -0.2) is 11.4 Å². The van der Waals surface area contributed by atoms with Gasteiger partial charge < -0.3 is 9.90 Å². The average Bonchev–Trinajstić information content (AvgIpc) is 2.28. The van der Waals surface area contributed by atoms with E-state index in [1.54, 1.807) is 0 Å². The van der Waals surface area contributed by atoms with Crippen LogP contribution in [0.15, 0.2) is 18.2 Å². The second-order valence-electron chi connectivity index (χ2n) is 3.20. The van der Waals surface area contributed by atoms with Gasteiger partial charge in [0, 0.05) is 5.56 Å². The third-order valence-electron chi connectivity index (χ3n) is 2.01. The molecule has 0 aliphatic carbocycles. The molecule has 1 aromatic rings. The molecule has 1 N–H and O–H groups in total. The van der Waals surface area contributed by atoms with Crippen LogP contribution in [0.1, 0.15) is 23.1 Å². The Morgan fingerprint density at radius 3 is 2.59 bits per heavy atom. The predicted octanol–water partition coefficient (Wildman–Crippen LogP) is 2.14. The summed E-state index contributed by atoms with van der Waals surface area (Å²) in [6.07, 6.45) is -3.85. The molecule has 0 bridgehead atoms. The second kappa shape index (κ2) is 5.51. The van der Waals surface area contributed by atoms with Crippen LogP contribution in [-0.2, 0) is 17.6 Å². The number of aliphatic hydroxyl groups excluding tert-OH is 1. The topological polar surface area (TPSA) is 37.3 Å². The highest BCUT2D eigenvalue weighted by atomic mass is 19.4. The molecule has 0 spiro atoms. The van der Waals surface area contributed by atoms with E-state index < -0.39 is 18.3 Å². The van der Waals surface area contributed by atoms with Gasteiger partial charge in [-0.15, -0.1) is 0 Å². The number of rotatable bonds is 2. The SMILES string of the molecule is O=CCC#Cc1ccc(C(F)(F)F)cc1CO. The zero-order valence-corrected chi connectivity index (χ0v) is 8.71. The molecule has 1 rings (SSSR count). The summed E-state index contributed by atoms with van der Waals surface area (Å²) in [5, 5.41) is 8.96. The van der Waals surface area contributed by atoms with Crippen molar-refractivity contribution < 1.29 is 23.1 Å². The van der Waals surface area contributed by atoms with Crippen LogP contribution >= 0.6 is 0 Å². The van der Waals surface area contributed by atoms with Crippen molar-refractivity contribution in [3.63, 3.8) is 0 Å². The van der Waals surface area contributed by atoms with Gasteiger partial charge in [0.25, 0.3) is 0 Å². The highest BCUT2D eigenvalue weighted by Crippen LogP contribution is 2.30. The molecule has 2 nitrogen and oxygen atoms in total. The first-order valence-electron chi connectivity index (χ1n) is 4.72. The maximum Gasteiger partial charge on any atom is 0.416 e. The predicted molar refractivity (Wildman–Crippen MR) is 54.9 cm³/mol. The average molecular weight is 242 g/mol. The van der Waals surface area contributed by atoms with Gasteiger partial charge in [-0.3, -0.25) is 0 Å². The number of hydrogen-bond acceptors (Lipinski definition) is 2. The van der Waals surface area contributed by atoms with Crippen LogP contribution in [0, 0.1) is 11.8 Å². The number of carbonyl (C=O) groups excluding carboxylic acids is 1. The highest BCUT2D eigenvalue weighted by Gasteiger charge is 2.30. The molecule has 5 heteroatoms. The largest absolute Gasteiger partial charge is 0.416 e. The van der Waals surface area contributed by atoms with Crippen molar-refractivity contribution in [2.75, 3.05) is 0 Å². The van der Waals surface area contributed by atoms with Crippen LogP contribution in [0.5, 0.6) is 0 Å². The first-order chi connectivity index (χ1) is 7.99. The van der Waals surface area contributed by atoms with Crippen LogP contribution in [0.25, 0.3) is 0 Å². The van der Waals surface area contributed by atoms with Crippen molar-refractivity contribution in [1.29, 1.82) is 0 Å².